The summed E-state index contributed by atoms with van der Waals surface area (Å²) in [6.07, 6.45) is 1.46. The highest BCUT2D eigenvalue weighted by Crippen LogP contribution is 2.32. The van der Waals surface area contributed by atoms with E-state index in [1.807, 2.05) is 0 Å². The lowest BCUT2D eigenvalue weighted by atomic mass is 10.2. The zero-order chi connectivity index (χ0) is 17.0. The topological polar surface area (TPSA) is 83.5 Å². The highest BCUT2D eigenvalue weighted by Gasteiger charge is 2.18. The number of halogens is 2. The molecule has 1 amide bonds. The van der Waals surface area contributed by atoms with Gasteiger partial charge in [0, 0.05) is 11.2 Å². The van der Waals surface area contributed by atoms with Gasteiger partial charge in [-0.1, -0.05) is 23.2 Å². The molecule has 1 aromatic heterocycles. The molecule has 0 radical (unpaired) electrons. The Morgan fingerprint density at radius 2 is 2.13 bits per heavy atom. The molecule has 0 unspecified atom stereocenters. The van der Waals surface area contributed by atoms with Crippen molar-refractivity contribution in [3.05, 3.63) is 46.1 Å². The van der Waals surface area contributed by atoms with Gasteiger partial charge in [0.25, 0.3) is 5.91 Å². The Balaban J connectivity index is 2.16. The lowest BCUT2D eigenvalue weighted by molar-refractivity contribution is 0.0974. The van der Waals surface area contributed by atoms with E-state index in [0.29, 0.717) is 0 Å². The van der Waals surface area contributed by atoms with Crippen LogP contribution in [0.1, 0.15) is 10.4 Å². The van der Waals surface area contributed by atoms with Crippen LogP contribution in [0.25, 0.3) is 0 Å². The number of anilines is 1. The summed E-state index contributed by atoms with van der Waals surface area (Å²) in [5.41, 5.74) is 0.124. The number of nitrogens with zero attached hydrogens (tertiary/aromatic N) is 1. The Morgan fingerprint density at radius 3 is 2.78 bits per heavy atom. The first-order valence-electron chi connectivity index (χ1n) is 6.21. The van der Waals surface area contributed by atoms with E-state index < -0.39 is 5.91 Å². The van der Waals surface area contributed by atoms with Gasteiger partial charge in [0.15, 0.2) is 16.7 Å². The summed E-state index contributed by atoms with van der Waals surface area (Å²) in [4.78, 5) is 16.2. The second-order valence-electron chi connectivity index (χ2n) is 4.25. The van der Waals surface area contributed by atoms with Crippen LogP contribution < -0.4 is 15.4 Å². The SMILES string of the molecule is COc1c(Cl)cc(Cl)cc1C(=O)NC(=S)Nc1ncccc1O. The van der Waals surface area contributed by atoms with Gasteiger partial charge < -0.3 is 15.2 Å². The van der Waals surface area contributed by atoms with Crippen LogP contribution in [0.15, 0.2) is 30.5 Å². The minimum Gasteiger partial charge on any atom is -0.504 e. The minimum atomic E-state index is -0.570. The normalized spacial score (nSPS) is 10.0. The van der Waals surface area contributed by atoms with Crippen molar-refractivity contribution < 1.29 is 14.6 Å². The van der Waals surface area contributed by atoms with Crippen LogP contribution in [0.2, 0.25) is 10.0 Å². The summed E-state index contributed by atoms with van der Waals surface area (Å²) in [7, 11) is 1.38. The smallest absolute Gasteiger partial charge is 0.261 e. The summed E-state index contributed by atoms with van der Waals surface area (Å²) in [6.45, 7) is 0. The first kappa shape index (κ1) is 17.3. The number of carbonyl (C=O) groups is 1. The molecule has 0 aliphatic heterocycles. The zero-order valence-electron chi connectivity index (χ0n) is 11.8. The van der Waals surface area contributed by atoms with Crippen molar-refractivity contribution in [2.45, 2.75) is 0 Å². The first-order chi connectivity index (χ1) is 10.9. The van der Waals surface area contributed by atoms with Crippen molar-refractivity contribution in [3.8, 4) is 11.5 Å². The molecule has 9 heteroatoms. The molecule has 23 heavy (non-hydrogen) atoms. The molecule has 6 nitrogen and oxygen atoms in total. The average molecular weight is 372 g/mol. The zero-order valence-corrected chi connectivity index (χ0v) is 14.1. The molecule has 0 aliphatic rings. The Kier molecular flexibility index (Phi) is 5.59. The number of benzene rings is 1. The maximum atomic E-state index is 12.3. The number of hydrogen-bond donors (Lipinski definition) is 3. The molecular formula is C14H11Cl2N3O3S. The van der Waals surface area contributed by atoms with Crippen LogP contribution in [0.5, 0.6) is 11.5 Å². The van der Waals surface area contributed by atoms with Gasteiger partial charge in [0.2, 0.25) is 0 Å². The molecule has 1 aromatic carbocycles. The number of ether oxygens (including phenoxy) is 1. The molecule has 2 aromatic rings. The van der Waals surface area contributed by atoms with Gasteiger partial charge in [0.1, 0.15) is 5.75 Å². The number of aromatic hydroxyl groups is 1. The fourth-order valence-corrected chi connectivity index (χ4v) is 2.50. The van der Waals surface area contributed by atoms with E-state index in [-0.39, 0.29) is 38.0 Å². The fraction of sp³-hybridized carbons (Fsp3) is 0.0714. The third-order valence-corrected chi connectivity index (χ3v) is 3.41. The molecule has 1 heterocycles. The first-order valence-corrected chi connectivity index (χ1v) is 7.38. The third-order valence-electron chi connectivity index (χ3n) is 2.70. The van der Waals surface area contributed by atoms with Crippen molar-refractivity contribution in [3.63, 3.8) is 0 Å². The van der Waals surface area contributed by atoms with Crippen LogP contribution in [0.3, 0.4) is 0 Å². The van der Waals surface area contributed by atoms with Crippen LogP contribution >= 0.6 is 35.4 Å². The number of nitrogens with one attached hydrogen (secondary N) is 2. The highest BCUT2D eigenvalue weighted by molar-refractivity contribution is 7.80. The maximum Gasteiger partial charge on any atom is 0.261 e. The summed E-state index contributed by atoms with van der Waals surface area (Å²) < 4.78 is 5.10. The largest absolute Gasteiger partial charge is 0.504 e. The highest BCUT2D eigenvalue weighted by atomic mass is 35.5. The second-order valence-corrected chi connectivity index (χ2v) is 5.50. The van der Waals surface area contributed by atoms with Crippen molar-refractivity contribution >= 4 is 52.3 Å². The van der Waals surface area contributed by atoms with E-state index in [4.69, 9.17) is 40.2 Å². The average Bonchev–Trinajstić information content (AvgIpc) is 2.48. The monoisotopic (exact) mass is 371 g/mol. The van der Waals surface area contributed by atoms with Crippen molar-refractivity contribution in [2.24, 2.45) is 0 Å². The number of amides is 1. The van der Waals surface area contributed by atoms with Crippen LogP contribution in [0.4, 0.5) is 5.82 Å². The molecule has 0 atom stereocenters. The van der Waals surface area contributed by atoms with Gasteiger partial charge >= 0.3 is 0 Å². The fourth-order valence-electron chi connectivity index (χ4n) is 1.74. The number of rotatable bonds is 3. The van der Waals surface area contributed by atoms with Gasteiger partial charge in [-0.15, -0.1) is 0 Å². The van der Waals surface area contributed by atoms with Crippen LogP contribution in [0, 0.1) is 0 Å². The van der Waals surface area contributed by atoms with Gasteiger partial charge in [-0.05, 0) is 36.5 Å². The van der Waals surface area contributed by atoms with E-state index in [2.05, 4.69) is 15.6 Å². The molecule has 0 saturated heterocycles. The van der Waals surface area contributed by atoms with E-state index in [0.717, 1.165) is 0 Å². The maximum absolute atomic E-state index is 12.3. The lowest BCUT2D eigenvalue weighted by Gasteiger charge is -2.13. The Morgan fingerprint density at radius 1 is 1.39 bits per heavy atom. The number of pyridine rings is 1. The molecule has 0 bridgehead atoms. The Labute approximate surface area is 147 Å². The van der Waals surface area contributed by atoms with Crippen LogP contribution in [-0.2, 0) is 0 Å². The molecular weight excluding hydrogens is 361 g/mol. The van der Waals surface area contributed by atoms with Crippen molar-refractivity contribution in [1.82, 2.24) is 10.3 Å². The van der Waals surface area contributed by atoms with E-state index in [1.165, 1.54) is 31.5 Å². The predicted molar refractivity (Wildman–Crippen MR) is 92.6 cm³/mol. The van der Waals surface area contributed by atoms with Gasteiger partial charge in [-0.25, -0.2) is 4.98 Å². The molecule has 2 rings (SSSR count). The molecule has 3 N–H and O–H groups in total. The minimum absolute atomic E-state index is 0.0536. The van der Waals surface area contributed by atoms with Crippen molar-refractivity contribution in [1.29, 1.82) is 0 Å². The number of hydrogen-bond acceptors (Lipinski definition) is 5. The third kappa shape index (κ3) is 4.22. The van der Waals surface area contributed by atoms with Gasteiger partial charge in [0.05, 0.1) is 17.7 Å². The Bertz CT molecular complexity index is 771. The van der Waals surface area contributed by atoms with Crippen molar-refractivity contribution in [2.75, 3.05) is 12.4 Å². The summed E-state index contributed by atoms with van der Waals surface area (Å²) in [5.74, 6) is -0.377. The molecule has 0 fully saturated rings. The predicted octanol–water partition coefficient (Wildman–Crippen LogP) is 3.23. The molecule has 120 valence electrons. The molecule has 0 saturated carbocycles. The van der Waals surface area contributed by atoms with Gasteiger partial charge in [-0.2, -0.15) is 0 Å². The number of aromatic nitrogens is 1. The number of carbonyl (C=O) groups excluding carboxylic acids is 1. The van der Waals surface area contributed by atoms with Gasteiger partial charge in [-0.3, -0.25) is 10.1 Å². The molecule has 0 spiro atoms. The summed E-state index contributed by atoms with van der Waals surface area (Å²) >= 11 is 16.9. The summed E-state index contributed by atoms with van der Waals surface area (Å²) in [5, 5.41) is 15.1. The number of methoxy groups -OCH3 is 1. The molecule has 0 aliphatic carbocycles. The van der Waals surface area contributed by atoms with Crippen LogP contribution in [-0.4, -0.2) is 28.2 Å². The van der Waals surface area contributed by atoms with E-state index in [1.54, 1.807) is 6.07 Å². The summed E-state index contributed by atoms with van der Waals surface area (Å²) in [6, 6.07) is 5.85. The second kappa shape index (κ2) is 7.45. The quantitative estimate of drug-likeness (QED) is 0.718. The van der Waals surface area contributed by atoms with E-state index >= 15 is 0 Å². The Hall–Kier alpha value is -2.09. The number of thiocarbonyl (C=S) groups is 1. The van der Waals surface area contributed by atoms with E-state index in [9.17, 15) is 9.90 Å². The lowest BCUT2D eigenvalue weighted by Crippen LogP contribution is -2.34. The standard InChI is InChI=1S/C14H11Cl2N3O3S/c1-22-11-8(5-7(15)6-9(11)16)13(21)19-14(23)18-12-10(20)3-2-4-17-12/h2-6,20H,1H3,(H2,17,18,19,21,23).